The van der Waals surface area contributed by atoms with Gasteiger partial charge in [0.15, 0.2) is 0 Å². The van der Waals surface area contributed by atoms with E-state index < -0.39 is 5.97 Å². The average Bonchev–Trinajstić information content (AvgIpc) is 2.78. The molecule has 1 amide bonds. The number of aromatic carboxylic acids is 1. The molecule has 110 valence electrons. The van der Waals surface area contributed by atoms with Crippen LogP contribution in [0.1, 0.15) is 26.4 Å². The van der Waals surface area contributed by atoms with Gasteiger partial charge in [-0.3, -0.25) is 4.79 Å². The van der Waals surface area contributed by atoms with E-state index in [1.54, 1.807) is 34.9 Å². The molecule has 0 saturated carbocycles. The van der Waals surface area contributed by atoms with Crippen molar-refractivity contribution in [3.8, 4) is 0 Å². The predicted octanol–water partition coefficient (Wildman–Crippen LogP) is 2.46. The van der Waals surface area contributed by atoms with E-state index in [4.69, 9.17) is 5.11 Å². The fraction of sp³-hybridized carbons (Fsp3) is 0.200. The molecule has 1 aromatic heterocycles. The Morgan fingerprint density at radius 3 is 2.48 bits per heavy atom. The van der Waals surface area contributed by atoms with E-state index in [2.05, 4.69) is 21.2 Å². The molecule has 6 heteroatoms. The Morgan fingerprint density at radius 1 is 1.29 bits per heavy atom. The Morgan fingerprint density at radius 2 is 1.95 bits per heavy atom. The van der Waals surface area contributed by atoms with Crippen LogP contribution < -0.4 is 5.32 Å². The van der Waals surface area contributed by atoms with Crippen LogP contribution in [0.4, 0.5) is 0 Å². The first-order valence-corrected chi connectivity index (χ1v) is 7.19. The molecule has 21 heavy (non-hydrogen) atoms. The van der Waals surface area contributed by atoms with Crippen LogP contribution in [-0.2, 0) is 13.5 Å². The summed E-state index contributed by atoms with van der Waals surface area (Å²) in [6.07, 6.45) is 2.47. The number of carboxylic acids is 1. The highest BCUT2D eigenvalue weighted by molar-refractivity contribution is 9.10. The van der Waals surface area contributed by atoms with Crippen molar-refractivity contribution in [2.45, 2.75) is 6.42 Å². The minimum Gasteiger partial charge on any atom is -0.478 e. The molecule has 0 aliphatic heterocycles. The van der Waals surface area contributed by atoms with Crippen LogP contribution in [0, 0.1) is 0 Å². The summed E-state index contributed by atoms with van der Waals surface area (Å²) in [5, 5.41) is 11.7. The molecule has 0 bridgehead atoms. The second-order valence-electron chi connectivity index (χ2n) is 4.66. The minimum absolute atomic E-state index is 0.134. The highest BCUT2D eigenvalue weighted by Gasteiger charge is 2.10. The van der Waals surface area contributed by atoms with Gasteiger partial charge in [-0.15, -0.1) is 0 Å². The van der Waals surface area contributed by atoms with E-state index in [0.717, 1.165) is 10.0 Å². The maximum absolute atomic E-state index is 12.0. The highest BCUT2D eigenvalue weighted by atomic mass is 79.9. The van der Waals surface area contributed by atoms with Gasteiger partial charge in [-0.2, -0.15) is 0 Å². The summed E-state index contributed by atoms with van der Waals surface area (Å²) in [4.78, 5) is 22.7. The molecular weight excluding hydrogens is 336 g/mol. The number of carbonyl (C=O) groups excluding carboxylic acids is 1. The van der Waals surface area contributed by atoms with E-state index in [1.807, 2.05) is 13.2 Å². The average molecular weight is 351 g/mol. The van der Waals surface area contributed by atoms with Crippen molar-refractivity contribution in [1.29, 1.82) is 0 Å². The Labute approximate surface area is 130 Å². The first-order chi connectivity index (χ1) is 9.97. The Kier molecular flexibility index (Phi) is 4.80. The molecule has 0 radical (unpaired) electrons. The third-order valence-corrected chi connectivity index (χ3v) is 3.54. The van der Waals surface area contributed by atoms with Gasteiger partial charge in [0, 0.05) is 24.3 Å². The summed E-state index contributed by atoms with van der Waals surface area (Å²) in [6, 6.07) is 8.40. The summed E-state index contributed by atoms with van der Waals surface area (Å²) in [5.41, 5.74) is 1.83. The molecule has 0 aliphatic rings. The second-order valence-corrected chi connectivity index (χ2v) is 5.58. The number of rotatable bonds is 5. The van der Waals surface area contributed by atoms with Gasteiger partial charge >= 0.3 is 5.97 Å². The van der Waals surface area contributed by atoms with Gasteiger partial charge in [-0.25, -0.2) is 4.79 Å². The molecule has 2 N–H and O–H groups in total. The number of nitrogens with zero attached hydrogens (tertiary/aromatic N) is 1. The number of benzene rings is 1. The molecule has 2 aromatic rings. The first-order valence-electron chi connectivity index (χ1n) is 6.39. The van der Waals surface area contributed by atoms with E-state index in [0.29, 0.717) is 18.7 Å². The normalized spacial score (nSPS) is 10.4. The predicted molar refractivity (Wildman–Crippen MR) is 82.6 cm³/mol. The maximum Gasteiger partial charge on any atom is 0.335 e. The largest absolute Gasteiger partial charge is 0.478 e. The summed E-state index contributed by atoms with van der Waals surface area (Å²) in [7, 11) is 1.81. The summed E-state index contributed by atoms with van der Waals surface area (Å²) >= 11 is 3.33. The van der Waals surface area contributed by atoms with Crippen LogP contribution in [0.15, 0.2) is 41.0 Å². The number of hydrogen-bond donors (Lipinski definition) is 2. The van der Waals surface area contributed by atoms with Gasteiger partial charge in [0.1, 0.15) is 5.69 Å². The van der Waals surface area contributed by atoms with Crippen LogP contribution >= 0.6 is 15.9 Å². The van der Waals surface area contributed by atoms with E-state index in [1.165, 1.54) is 0 Å². The van der Waals surface area contributed by atoms with E-state index in [-0.39, 0.29) is 11.5 Å². The number of aryl methyl sites for hydroxylation is 1. The summed E-state index contributed by atoms with van der Waals surface area (Å²) < 4.78 is 2.61. The number of carbonyl (C=O) groups is 2. The number of hydrogen-bond acceptors (Lipinski definition) is 2. The van der Waals surface area contributed by atoms with Gasteiger partial charge in [-0.05, 0) is 46.1 Å². The molecule has 0 atom stereocenters. The fourth-order valence-corrected chi connectivity index (χ4v) is 2.50. The van der Waals surface area contributed by atoms with Gasteiger partial charge in [0.2, 0.25) is 0 Å². The topological polar surface area (TPSA) is 71.3 Å². The number of halogens is 1. The Hall–Kier alpha value is -2.08. The zero-order valence-corrected chi connectivity index (χ0v) is 13.1. The molecule has 1 heterocycles. The molecule has 0 aliphatic carbocycles. The van der Waals surface area contributed by atoms with Crippen molar-refractivity contribution in [2.24, 2.45) is 7.05 Å². The molecule has 1 aromatic carbocycles. The zero-order chi connectivity index (χ0) is 15.4. The van der Waals surface area contributed by atoms with Crippen LogP contribution in [-0.4, -0.2) is 28.1 Å². The van der Waals surface area contributed by atoms with Crippen molar-refractivity contribution >= 4 is 27.8 Å². The van der Waals surface area contributed by atoms with Crippen molar-refractivity contribution < 1.29 is 14.7 Å². The number of nitrogens with one attached hydrogen (secondary N) is 1. The van der Waals surface area contributed by atoms with Crippen LogP contribution in [0.3, 0.4) is 0 Å². The SMILES string of the molecule is Cn1cc(Br)cc1C(=O)NCCc1ccc(C(=O)O)cc1. The maximum atomic E-state index is 12.0. The Bertz CT molecular complexity index is 662. The molecule has 0 spiro atoms. The van der Waals surface area contributed by atoms with Crippen molar-refractivity contribution in [2.75, 3.05) is 6.54 Å². The van der Waals surface area contributed by atoms with Gasteiger partial charge in [-0.1, -0.05) is 12.1 Å². The monoisotopic (exact) mass is 350 g/mol. The number of aromatic nitrogens is 1. The molecule has 0 saturated heterocycles. The molecule has 2 rings (SSSR count). The Balaban J connectivity index is 1.88. The third kappa shape index (κ3) is 3.95. The number of amides is 1. The quantitative estimate of drug-likeness (QED) is 0.869. The molecule has 0 fully saturated rings. The summed E-state index contributed by atoms with van der Waals surface area (Å²) in [5.74, 6) is -1.07. The lowest BCUT2D eigenvalue weighted by Gasteiger charge is -2.06. The third-order valence-electron chi connectivity index (χ3n) is 3.10. The lowest BCUT2D eigenvalue weighted by molar-refractivity contribution is 0.0696. The van der Waals surface area contributed by atoms with Gasteiger partial charge in [0.25, 0.3) is 5.91 Å². The van der Waals surface area contributed by atoms with Crippen LogP contribution in [0.25, 0.3) is 0 Å². The molecule has 5 nitrogen and oxygen atoms in total. The zero-order valence-electron chi connectivity index (χ0n) is 11.5. The fourth-order valence-electron chi connectivity index (χ4n) is 1.97. The lowest BCUT2D eigenvalue weighted by atomic mass is 10.1. The van der Waals surface area contributed by atoms with Crippen LogP contribution in [0.2, 0.25) is 0 Å². The smallest absolute Gasteiger partial charge is 0.335 e. The molecule has 0 unspecified atom stereocenters. The van der Waals surface area contributed by atoms with E-state index >= 15 is 0 Å². The van der Waals surface area contributed by atoms with Crippen molar-refractivity contribution in [3.05, 3.63) is 57.8 Å². The molecular formula is C15H15BrN2O3. The lowest BCUT2D eigenvalue weighted by Crippen LogP contribution is -2.27. The summed E-state index contributed by atoms with van der Waals surface area (Å²) in [6.45, 7) is 0.494. The van der Waals surface area contributed by atoms with Gasteiger partial charge in [0.05, 0.1) is 5.56 Å². The van der Waals surface area contributed by atoms with Crippen LogP contribution in [0.5, 0.6) is 0 Å². The first kappa shape index (κ1) is 15.3. The minimum atomic E-state index is -0.941. The van der Waals surface area contributed by atoms with Crippen molar-refractivity contribution in [3.63, 3.8) is 0 Å². The second kappa shape index (κ2) is 6.58. The van der Waals surface area contributed by atoms with Gasteiger partial charge < -0.3 is 15.0 Å². The number of carboxylic acid groups (broad SMARTS) is 1. The standard InChI is InChI=1S/C15H15BrN2O3/c1-18-9-12(16)8-13(18)14(19)17-7-6-10-2-4-11(5-3-10)15(20)21/h2-5,8-9H,6-7H2,1H3,(H,17,19)(H,20,21). The van der Waals surface area contributed by atoms with E-state index in [9.17, 15) is 9.59 Å². The highest BCUT2D eigenvalue weighted by Crippen LogP contribution is 2.13. The van der Waals surface area contributed by atoms with Crippen molar-refractivity contribution in [1.82, 2.24) is 9.88 Å².